The molecule has 1 amide bonds. The normalized spacial score (nSPS) is 10.5. The van der Waals surface area contributed by atoms with Crippen molar-refractivity contribution in [1.29, 1.82) is 0 Å². The SMILES string of the molecule is O=C(CCS)Nc1cc(-c2ccccc2)nn1Cc1ccccc1. The number of benzene rings is 2. The first kappa shape index (κ1) is 16.3. The van der Waals surface area contributed by atoms with Crippen LogP contribution in [-0.2, 0) is 11.3 Å². The van der Waals surface area contributed by atoms with Crippen LogP contribution in [0.15, 0.2) is 66.7 Å². The molecule has 0 aliphatic carbocycles. The van der Waals surface area contributed by atoms with Crippen LogP contribution in [0, 0.1) is 0 Å². The first-order valence-electron chi connectivity index (χ1n) is 7.84. The molecule has 0 fully saturated rings. The number of aromatic nitrogens is 2. The van der Waals surface area contributed by atoms with Crippen LogP contribution >= 0.6 is 12.6 Å². The van der Waals surface area contributed by atoms with Crippen molar-refractivity contribution >= 4 is 24.4 Å². The van der Waals surface area contributed by atoms with Gasteiger partial charge in [0.05, 0.1) is 12.2 Å². The molecule has 0 spiro atoms. The molecule has 1 heterocycles. The summed E-state index contributed by atoms with van der Waals surface area (Å²) in [7, 11) is 0. The third kappa shape index (κ3) is 4.06. The Balaban J connectivity index is 1.92. The van der Waals surface area contributed by atoms with Gasteiger partial charge in [0, 0.05) is 18.1 Å². The minimum absolute atomic E-state index is 0.0566. The van der Waals surface area contributed by atoms with E-state index in [-0.39, 0.29) is 5.91 Å². The van der Waals surface area contributed by atoms with Gasteiger partial charge < -0.3 is 5.32 Å². The van der Waals surface area contributed by atoms with Gasteiger partial charge in [-0.1, -0.05) is 60.7 Å². The van der Waals surface area contributed by atoms with Crippen molar-refractivity contribution in [2.75, 3.05) is 11.1 Å². The number of carbonyl (C=O) groups excluding carboxylic acids is 1. The Bertz CT molecular complexity index is 800. The Morgan fingerprint density at radius 2 is 1.71 bits per heavy atom. The summed E-state index contributed by atoms with van der Waals surface area (Å²) in [5, 5.41) is 7.61. The van der Waals surface area contributed by atoms with Gasteiger partial charge in [-0.3, -0.25) is 4.79 Å². The van der Waals surface area contributed by atoms with Gasteiger partial charge in [-0.2, -0.15) is 17.7 Å². The zero-order valence-corrected chi connectivity index (χ0v) is 14.1. The second kappa shape index (κ2) is 7.84. The Morgan fingerprint density at radius 3 is 2.38 bits per heavy atom. The number of carbonyl (C=O) groups is 1. The summed E-state index contributed by atoms with van der Waals surface area (Å²) in [6.07, 6.45) is 0.375. The number of anilines is 1. The molecule has 2 aromatic carbocycles. The molecule has 5 heteroatoms. The van der Waals surface area contributed by atoms with E-state index in [1.807, 2.05) is 71.4 Å². The van der Waals surface area contributed by atoms with Crippen LogP contribution in [0.2, 0.25) is 0 Å². The van der Waals surface area contributed by atoms with Crippen LogP contribution in [0.25, 0.3) is 11.3 Å². The van der Waals surface area contributed by atoms with Crippen LogP contribution < -0.4 is 5.32 Å². The van der Waals surface area contributed by atoms with Crippen molar-refractivity contribution in [2.45, 2.75) is 13.0 Å². The molecule has 0 radical (unpaired) electrons. The van der Waals surface area contributed by atoms with Gasteiger partial charge in [0.25, 0.3) is 0 Å². The van der Waals surface area contributed by atoms with Gasteiger partial charge in [-0.25, -0.2) is 4.68 Å². The minimum atomic E-state index is -0.0566. The van der Waals surface area contributed by atoms with Crippen LogP contribution in [0.3, 0.4) is 0 Å². The average Bonchev–Trinajstić information content (AvgIpc) is 2.99. The van der Waals surface area contributed by atoms with Crippen LogP contribution in [-0.4, -0.2) is 21.4 Å². The number of nitrogens with zero attached hydrogens (tertiary/aromatic N) is 2. The number of rotatable bonds is 6. The first-order chi connectivity index (χ1) is 11.8. The summed E-state index contributed by atoms with van der Waals surface area (Å²) in [5.41, 5.74) is 2.99. The minimum Gasteiger partial charge on any atom is -0.311 e. The van der Waals surface area contributed by atoms with Gasteiger partial charge in [0.1, 0.15) is 5.82 Å². The van der Waals surface area contributed by atoms with Crippen molar-refractivity contribution in [2.24, 2.45) is 0 Å². The van der Waals surface area contributed by atoms with Crippen molar-refractivity contribution in [3.8, 4) is 11.3 Å². The highest BCUT2D eigenvalue weighted by Crippen LogP contribution is 2.22. The second-order valence-corrected chi connectivity index (χ2v) is 5.89. The Kier molecular flexibility index (Phi) is 5.33. The fraction of sp³-hybridized carbons (Fsp3) is 0.158. The Hall–Kier alpha value is -2.53. The topological polar surface area (TPSA) is 46.9 Å². The molecular formula is C19H19N3OS. The maximum Gasteiger partial charge on any atom is 0.226 e. The van der Waals surface area contributed by atoms with Crippen molar-refractivity contribution in [3.05, 3.63) is 72.3 Å². The predicted molar refractivity (Wildman–Crippen MR) is 100 cm³/mol. The van der Waals surface area contributed by atoms with Gasteiger partial charge in [0.15, 0.2) is 0 Å². The lowest BCUT2D eigenvalue weighted by atomic mass is 10.1. The molecule has 1 N–H and O–H groups in total. The zero-order valence-electron chi connectivity index (χ0n) is 13.2. The molecule has 0 bridgehead atoms. The maximum atomic E-state index is 12.0. The van der Waals surface area contributed by atoms with Crippen molar-refractivity contribution < 1.29 is 4.79 Å². The van der Waals surface area contributed by atoms with Crippen LogP contribution in [0.5, 0.6) is 0 Å². The van der Waals surface area contributed by atoms with E-state index in [1.165, 1.54) is 0 Å². The van der Waals surface area contributed by atoms with Crippen LogP contribution in [0.1, 0.15) is 12.0 Å². The third-order valence-corrected chi connectivity index (χ3v) is 3.85. The van der Waals surface area contributed by atoms with E-state index in [1.54, 1.807) is 0 Å². The van der Waals surface area contributed by atoms with E-state index in [4.69, 9.17) is 0 Å². The first-order valence-corrected chi connectivity index (χ1v) is 8.47. The summed E-state index contributed by atoms with van der Waals surface area (Å²) in [4.78, 5) is 12.0. The molecule has 0 saturated carbocycles. The molecule has 0 saturated heterocycles. The molecule has 0 aliphatic heterocycles. The lowest BCUT2D eigenvalue weighted by Gasteiger charge is -2.08. The summed E-state index contributed by atoms with van der Waals surface area (Å²) >= 11 is 4.11. The molecule has 1 aromatic heterocycles. The lowest BCUT2D eigenvalue weighted by Crippen LogP contribution is -2.16. The average molecular weight is 337 g/mol. The number of hydrogen-bond donors (Lipinski definition) is 2. The standard InChI is InChI=1S/C19H19N3OS/c23-19(11-12-24)20-18-13-17(16-9-5-2-6-10-16)21-22(18)14-15-7-3-1-4-8-15/h1-10,13,24H,11-12,14H2,(H,20,23). The molecule has 4 nitrogen and oxygen atoms in total. The molecular weight excluding hydrogens is 318 g/mol. The van der Waals surface area contributed by atoms with Gasteiger partial charge >= 0.3 is 0 Å². The fourth-order valence-electron chi connectivity index (χ4n) is 2.45. The second-order valence-electron chi connectivity index (χ2n) is 5.45. The monoisotopic (exact) mass is 337 g/mol. The molecule has 0 aliphatic rings. The quantitative estimate of drug-likeness (QED) is 0.671. The van der Waals surface area contributed by atoms with Crippen molar-refractivity contribution in [3.63, 3.8) is 0 Å². The van der Waals surface area contributed by atoms with Crippen LogP contribution in [0.4, 0.5) is 5.82 Å². The molecule has 3 rings (SSSR count). The number of nitrogens with one attached hydrogen (secondary N) is 1. The predicted octanol–water partition coefficient (Wildman–Crippen LogP) is 3.86. The van der Waals surface area contributed by atoms with E-state index in [2.05, 4.69) is 23.0 Å². The van der Waals surface area contributed by atoms with Gasteiger partial charge in [-0.15, -0.1) is 0 Å². The van der Waals surface area contributed by atoms with E-state index < -0.39 is 0 Å². The van der Waals surface area contributed by atoms with E-state index in [0.717, 1.165) is 16.8 Å². The number of amides is 1. The molecule has 122 valence electrons. The molecule has 24 heavy (non-hydrogen) atoms. The lowest BCUT2D eigenvalue weighted by molar-refractivity contribution is -0.115. The largest absolute Gasteiger partial charge is 0.311 e. The molecule has 0 unspecified atom stereocenters. The Morgan fingerprint density at radius 1 is 1.04 bits per heavy atom. The van der Waals surface area contributed by atoms with E-state index in [9.17, 15) is 4.79 Å². The summed E-state index contributed by atoms with van der Waals surface area (Å²) in [6, 6.07) is 21.9. The summed E-state index contributed by atoms with van der Waals surface area (Å²) < 4.78 is 1.83. The summed E-state index contributed by atoms with van der Waals surface area (Å²) in [6.45, 7) is 0.601. The zero-order chi connectivity index (χ0) is 16.8. The van der Waals surface area contributed by atoms with Gasteiger partial charge in [0.2, 0.25) is 5.91 Å². The molecule has 3 aromatic rings. The highest BCUT2D eigenvalue weighted by Gasteiger charge is 2.12. The summed E-state index contributed by atoms with van der Waals surface area (Å²) in [5.74, 6) is 1.16. The smallest absolute Gasteiger partial charge is 0.226 e. The highest BCUT2D eigenvalue weighted by atomic mass is 32.1. The Labute approximate surface area is 146 Å². The third-order valence-electron chi connectivity index (χ3n) is 3.63. The molecule has 0 atom stereocenters. The maximum absolute atomic E-state index is 12.0. The van der Waals surface area contributed by atoms with Crippen molar-refractivity contribution in [1.82, 2.24) is 9.78 Å². The number of thiol groups is 1. The number of hydrogen-bond acceptors (Lipinski definition) is 3. The van der Waals surface area contributed by atoms with E-state index >= 15 is 0 Å². The van der Waals surface area contributed by atoms with E-state index in [0.29, 0.717) is 24.5 Å². The fourth-order valence-corrected chi connectivity index (χ4v) is 2.65. The van der Waals surface area contributed by atoms with Gasteiger partial charge in [-0.05, 0) is 11.3 Å². The highest BCUT2D eigenvalue weighted by molar-refractivity contribution is 7.80.